The van der Waals surface area contributed by atoms with E-state index in [9.17, 15) is 4.79 Å². The Labute approximate surface area is 121 Å². The first kappa shape index (κ1) is 13.2. The van der Waals surface area contributed by atoms with Crippen LogP contribution < -0.4 is 11.1 Å². The molecule has 0 saturated heterocycles. The monoisotopic (exact) mass is 282 g/mol. The Balaban J connectivity index is 2.27. The molecule has 1 aliphatic rings. The SMILES string of the molecule is COC(=O)c1c(N)c(C#N)cn1-c1cccc2c1CNC2. The van der Waals surface area contributed by atoms with Gasteiger partial charge in [-0.2, -0.15) is 5.26 Å². The normalized spacial score (nSPS) is 12.8. The predicted molar refractivity (Wildman–Crippen MR) is 76.8 cm³/mol. The Morgan fingerprint density at radius 1 is 1.48 bits per heavy atom. The van der Waals surface area contributed by atoms with E-state index in [1.54, 1.807) is 10.8 Å². The molecular weight excluding hydrogens is 268 g/mol. The molecule has 0 atom stereocenters. The van der Waals surface area contributed by atoms with Crippen LogP contribution >= 0.6 is 0 Å². The van der Waals surface area contributed by atoms with E-state index in [-0.39, 0.29) is 16.9 Å². The molecule has 2 aromatic rings. The lowest BCUT2D eigenvalue weighted by Gasteiger charge is -2.12. The third-order valence-electron chi connectivity index (χ3n) is 3.67. The molecule has 0 spiro atoms. The Morgan fingerprint density at radius 3 is 3.00 bits per heavy atom. The highest BCUT2D eigenvalue weighted by Gasteiger charge is 2.24. The number of carbonyl (C=O) groups is 1. The number of ether oxygens (including phenoxy) is 1. The van der Waals surface area contributed by atoms with Crippen LogP contribution in [0.15, 0.2) is 24.4 Å². The van der Waals surface area contributed by atoms with Gasteiger partial charge in [-0.05, 0) is 17.2 Å². The fourth-order valence-electron chi connectivity index (χ4n) is 2.64. The number of anilines is 1. The number of rotatable bonds is 2. The average molecular weight is 282 g/mol. The molecule has 3 N–H and O–H groups in total. The first-order valence-corrected chi connectivity index (χ1v) is 6.48. The Hall–Kier alpha value is -2.78. The molecule has 0 aliphatic carbocycles. The van der Waals surface area contributed by atoms with E-state index in [0.29, 0.717) is 6.54 Å². The van der Waals surface area contributed by atoms with E-state index in [0.717, 1.165) is 17.8 Å². The van der Waals surface area contributed by atoms with E-state index in [1.807, 2.05) is 24.3 Å². The van der Waals surface area contributed by atoms with Crippen LogP contribution in [0.25, 0.3) is 5.69 Å². The van der Waals surface area contributed by atoms with Gasteiger partial charge in [0.2, 0.25) is 0 Å². The zero-order valence-electron chi connectivity index (χ0n) is 11.5. The maximum absolute atomic E-state index is 12.0. The summed E-state index contributed by atoms with van der Waals surface area (Å²) >= 11 is 0. The van der Waals surface area contributed by atoms with Crippen molar-refractivity contribution in [3.05, 3.63) is 46.8 Å². The molecule has 0 fully saturated rings. The third kappa shape index (κ3) is 1.95. The highest BCUT2D eigenvalue weighted by molar-refractivity contribution is 5.96. The van der Waals surface area contributed by atoms with Crippen molar-refractivity contribution in [2.24, 2.45) is 0 Å². The second-order valence-electron chi connectivity index (χ2n) is 4.80. The van der Waals surface area contributed by atoms with Gasteiger partial charge in [0, 0.05) is 19.3 Å². The topological polar surface area (TPSA) is 93.1 Å². The van der Waals surface area contributed by atoms with Crippen molar-refractivity contribution in [1.82, 2.24) is 9.88 Å². The molecule has 106 valence electrons. The molecule has 0 radical (unpaired) electrons. The lowest BCUT2D eigenvalue weighted by Crippen LogP contribution is -2.12. The number of esters is 1. The molecule has 1 aromatic heterocycles. The minimum atomic E-state index is -0.558. The maximum Gasteiger partial charge on any atom is 0.357 e. The molecule has 0 amide bonds. The number of carbonyl (C=O) groups excluding carboxylic acids is 1. The fourth-order valence-corrected chi connectivity index (χ4v) is 2.64. The van der Waals surface area contributed by atoms with Gasteiger partial charge in [-0.1, -0.05) is 12.1 Å². The van der Waals surface area contributed by atoms with E-state index < -0.39 is 5.97 Å². The van der Waals surface area contributed by atoms with Crippen LogP contribution in [0, 0.1) is 11.3 Å². The van der Waals surface area contributed by atoms with Crippen LogP contribution in [0.3, 0.4) is 0 Å². The quantitative estimate of drug-likeness (QED) is 0.810. The summed E-state index contributed by atoms with van der Waals surface area (Å²) in [4.78, 5) is 12.0. The van der Waals surface area contributed by atoms with Crippen molar-refractivity contribution in [3.8, 4) is 11.8 Å². The van der Waals surface area contributed by atoms with E-state index in [4.69, 9.17) is 15.7 Å². The summed E-state index contributed by atoms with van der Waals surface area (Å²) in [6.07, 6.45) is 1.58. The lowest BCUT2D eigenvalue weighted by molar-refractivity contribution is 0.0593. The van der Waals surface area contributed by atoms with Gasteiger partial charge in [-0.3, -0.25) is 0 Å². The smallest absolute Gasteiger partial charge is 0.357 e. The molecule has 0 unspecified atom stereocenters. The third-order valence-corrected chi connectivity index (χ3v) is 3.67. The first-order chi connectivity index (χ1) is 10.2. The van der Waals surface area contributed by atoms with Crippen molar-refractivity contribution in [2.45, 2.75) is 13.1 Å². The van der Waals surface area contributed by atoms with Crippen LogP contribution in [0.4, 0.5) is 5.69 Å². The van der Waals surface area contributed by atoms with E-state index in [1.165, 1.54) is 12.7 Å². The molecule has 3 rings (SSSR count). The number of hydrogen-bond donors (Lipinski definition) is 2. The number of aromatic nitrogens is 1. The number of nitrogens with one attached hydrogen (secondary N) is 1. The predicted octanol–water partition coefficient (Wildman–Crippen LogP) is 1.32. The van der Waals surface area contributed by atoms with Gasteiger partial charge >= 0.3 is 5.97 Å². The van der Waals surface area contributed by atoms with Gasteiger partial charge in [-0.15, -0.1) is 0 Å². The Bertz CT molecular complexity index is 771. The van der Waals surface area contributed by atoms with Crippen LogP contribution in [-0.2, 0) is 17.8 Å². The standard InChI is InChI=1S/C15H14N4O2/c1-21-15(20)14-13(17)10(5-16)8-19(14)12-4-2-3-9-6-18-7-11(9)12/h2-4,8,18H,6-7,17H2,1H3. The number of hydrogen-bond acceptors (Lipinski definition) is 5. The number of nitrogens with zero attached hydrogens (tertiary/aromatic N) is 2. The fraction of sp³-hybridized carbons (Fsp3) is 0.200. The number of nitrogens with two attached hydrogens (primary N) is 1. The van der Waals surface area contributed by atoms with Gasteiger partial charge in [0.25, 0.3) is 0 Å². The van der Waals surface area contributed by atoms with Gasteiger partial charge in [0.15, 0.2) is 5.69 Å². The first-order valence-electron chi connectivity index (χ1n) is 6.48. The van der Waals surface area contributed by atoms with Crippen molar-refractivity contribution in [1.29, 1.82) is 5.26 Å². The number of fused-ring (bicyclic) bond motifs is 1. The van der Waals surface area contributed by atoms with Crippen molar-refractivity contribution in [3.63, 3.8) is 0 Å². The second-order valence-corrected chi connectivity index (χ2v) is 4.80. The molecule has 0 bridgehead atoms. The van der Waals surface area contributed by atoms with Gasteiger partial charge in [-0.25, -0.2) is 4.79 Å². The Morgan fingerprint density at radius 2 is 2.29 bits per heavy atom. The maximum atomic E-state index is 12.0. The minimum absolute atomic E-state index is 0.146. The molecule has 6 heteroatoms. The minimum Gasteiger partial charge on any atom is -0.464 e. The van der Waals surface area contributed by atoms with E-state index in [2.05, 4.69) is 5.32 Å². The van der Waals surface area contributed by atoms with Crippen LogP contribution in [0.2, 0.25) is 0 Å². The number of benzene rings is 1. The summed E-state index contributed by atoms with van der Waals surface area (Å²) in [6, 6.07) is 7.86. The van der Waals surface area contributed by atoms with Crippen molar-refractivity contribution >= 4 is 11.7 Å². The molecule has 2 heterocycles. The molecule has 6 nitrogen and oxygen atoms in total. The summed E-state index contributed by atoms with van der Waals surface area (Å²) < 4.78 is 6.44. The van der Waals surface area contributed by atoms with Crippen LogP contribution in [0.5, 0.6) is 0 Å². The molecule has 0 saturated carbocycles. The zero-order valence-corrected chi connectivity index (χ0v) is 11.5. The van der Waals surface area contributed by atoms with Crippen molar-refractivity contribution in [2.75, 3.05) is 12.8 Å². The molecule has 1 aromatic carbocycles. The van der Waals surface area contributed by atoms with Gasteiger partial charge in [0.1, 0.15) is 6.07 Å². The molecular formula is C15H14N4O2. The van der Waals surface area contributed by atoms with Crippen LogP contribution in [-0.4, -0.2) is 17.6 Å². The number of nitrogen functional groups attached to an aromatic ring is 1. The zero-order chi connectivity index (χ0) is 15.0. The molecule has 1 aliphatic heterocycles. The largest absolute Gasteiger partial charge is 0.464 e. The second kappa shape index (κ2) is 4.96. The lowest BCUT2D eigenvalue weighted by atomic mass is 10.1. The summed E-state index contributed by atoms with van der Waals surface area (Å²) in [7, 11) is 1.29. The highest BCUT2D eigenvalue weighted by Crippen LogP contribution is 2.29. The summed E-state index contributed by atoms with van der Waals surface area (Å²) in [6.45, 7) is 1.50. The number of methoxy groups -OCH3 is 1. The van der Waals surface area contributed by atoms with Gasteiger partial charge < -0.3 is 20.4 Å². The molecule has 21 heavy (non-hydrogen) atoms. The summed E-state index contributed by atoms with van der Waals surface area (Å²) in [5.74, 6) is -0.558. The Kier molecular flexibility index (Phi) is 3.12. The van der Waals surface area contributed by atoms with Crippen LogP contribution in [0.1, 0.15) is 27.2 Å². The summed E-state index contributed by atoms with van der Waals surface area (Å²) in [5.41, 5.74) is 9.63. The highest BCUT2D eigenvalue weighted by atomic mass is 16.5. The summed E-state index contributed by atoms with van der Waals surface area (Å²) in [5, 5.41) is 12.4. The number of nitriles is 1. The van der Waals surface area contributed by atoms with E-state index >= 15 is 0 Å². The van der Waals surface area contributed by atoms with Crippen molar-refractivity contribution < 1.29 is 9.53 Å². The average Bonchev–Trinajstić information content (AvgIpc) is 3.10. The van der Waals surface area contributed by atoms with Gasteiger partial charge in [0.05, 0.1) is 24.0 Å².